The van der Waals surface area contributed by atoms with E-state index in [1.807, 2.05) is 6.07 Å². The zero-order chi connectivity index (χ0) is 15.8. The molecule has 0 heterocycles. The van der Waals surface area contributed by atoms with Crippen molar-refractivity contribution >= 4 is 18.0 Å². The second-order valence-corrected chi connectivity index (χ2v) is 4.44. The first-order valence-electron chi connectivity index (χ1n) is 6.30. The number of amides is 1. The highest BCUT2D eigenvalue weighted by Crippen LogP contribution is 2.09. The Labute approximate surface area is 121 Å². The molecule has 7 nitrogen and oxygen atoms in total. The molecule has 0 unspecified atom stereocenters. The summed E-state index contributed by atoms with van der Waals surface area (Å²) in [6, 6.07) is 7.71. The number of aliphatic carboxylic acids is 2. The maximum Gasteiger partial charge on any atom is 0.410 e. The lowest BCUT2D eigenvalue weighted by Crippen LogP contribution is -2.42. The van der Waals surface area contributed by atoms with Gasteiger partial charge in [0, 0.05) is 13.5 Å². The van der Waals surface area contributed by atoms with E-state index in [1.165, 1.54) is 7.05 Å². The highest BCUT2D eigenvalue weighted by molar-refractivity contribution is 5.80. The molecule has 0 saturated heterocycles. The molecule has 1 amide bonds. The lowest BCUT2D eigenvalue weighted by atomic mass is 10.1. The van der Waals surface area contributed by atoms with Crippen molar-refractivity contribution in [1.29, 1.82) is 0 Å². The quantitative estimate of drug-likeness (QED) is 0.791. The summed E-state index contributed by atoms with van der Waals surface area (Å²) in [7, 11) is 1.27. The Hall–Kier alpha value is -2.57. The summed E-state index contributed by atoms with van der Waals surface area (Å²) >= 11 is 0. The number of hydrogen-bond donors (Lipinski definition) is 2. The topological polar surface area (TPSA) is 104 Å². The average Bonchev–Trinajstić information content (AvgIpc) is 2.45. The van der Waals surface area contributed by atoms with Crippen molar-refractivity contribution in [3.8, 4) is 0 Å². The molecule has 0 aromatic heterocycles. The Kier molecular flexibility index (Phi) is 6.19. The summed E-state index contributed by atoms with van der Waals surface area (Å²) in [5, 5.41) is 17.6. The van der Waals surface area contributed by atoms with Crippen LogP contribution in [-0.2, 0) is 20.9 Å². The van der Waals surface area contributed by atoms with Crippen LogP contribution < -0.4 is 0 Å². The van der Waals surface area contributed by atoms with E-state index in [9.17, 15) is 14.4 Å². The van der Waals surface area contributed by atoms with Gasteiger partial charge in [0.15, 0.2) is 0 Å². The second kappa shape index (κ2) is 7.88. The predicted octanol–water partition coefficient (Wildman–Crippen LogP) is 1.57. The summed E-state index contributed by atoms with van der Waals surface area (Å²) in [5.74, 6) is -2.39. The summed E-state index contributed by atoms with van der Waals surface area (Å²) in [6.45, 7) is 0.0231. The highest BCUT2D eigenvalue weighted by atomic mass is 16.6. The van der Waals surface area contributed by atoms with Gasteiger partial charge in [-0.1, -0.05) is 30.3 Å². The smallest absolute Gasteiger partial charge is 0.410 e. The molecule has 0 saturated carbocycles. The molecular formula is C14H17NO6. The molecule has 0 aliphatic heterocycles. The SMILES string of the molecule is CN(C(=O)OCc1ccccc1)[C@H](CCC(=O)O)C(=O)O. The number of carbonyl (C=O) groups excluding carboxylic acids is 1. The fourth-order valence-electron chi connectivity index (χ4n) is 1.69. The van der Waals surface area contributed by atoms with Gasteiger partial charge in [-0.05, 0) is 12.0 Å². The number of likely N-dealkylation sites (N-methyl/N-ethyl adjacent to an activating group) is 1. The first kappa shape index (κ1) is 16.5. The van der Waals surface area contributed by atoms with E-state index in [4.69, 9.17) is 14.9 Å². The van der Waals surface area contributed by atoms with Crippen molar-refractivity contribution in [3.63, 3.8) is 0 Å². The van der Waals surface area contributed by atoms with E-state index in [-0.39, 0.29) is 19.4 Å². The van der Waals surface area contributed by atoms with E-state index in [1.54, 1.807) is 24.3 Å². The summed E-state index contributed by atoms with van der Waals surface area (Å²) < 4.78 is 5.00. The van der Waals surface area contributed by atoms with Gasteiger partial charge in [-0.2, -0.15) is 0 Å². The van der Waals surface area contributed by atoms with Crippen LogP contribution in [0.2, 0.25) is 0 Å². The Balaban J connectivity index is 2.57. The van der Waals surface area contributed by atoms with Gasteiger partial charge >= 0.3 is 18.0 Å². The molecule has 0 spiro atoms. The minimum atomic E-state index is -1.27. The van der Waals surface area contributed by atoms with Gasteiger partial charge in [0.1, 0.15) is 12.6 Å². The zero-order valence-corrected chi connectivity index (χ0v) is 11.6. The van der Waals surface area contributed by atoms with Crippen LogP contribution in [-0.4, -0.2) is 46.2 Å². The molecule has 1 rings (SSSR count). The summed E-state index contributed by atoms with van der Waals surface area (Å²) in [5.41, 5.74) is 0.775. The van der Waals surface area contributed by atoms with Crippen molar-refractivity contribution in [2.45, 2.75) is 25.5 Å². The number of hydrogen-bond acceptors (Lipinski definition) is 4. The van der Waals surface area contributed by atoms with Crippen molar-refractivity contribution < 1.29 is 29.3 Å². The van der Waals surface area contributed by atoms with Crippen molar-refractivity contribution in [2.75, 3.05) is 7.05 Å². The van der Waals surface area contributed by atoms with Gasteiger partial charge in [-0.25, -0.2) is 9.59 Å². The average molecular weight is 295 g/mol. The monoisotopic (exact) mass is 295 g/mol. The lowest BCUT2D eigenvalue weighted by Gasteiger charge is -2.23. The van der Waals surface area contributed by atoms with Gasteiger partial charge in [0.2, 0.25) is 0 Å². The van der Waals surface area contributed by atoms with Crippen LogP contribution in [0.1, 0.15) is 18.4 Å². The molecule has 0 fully saturated rings. The van der Waals surface area contributed by atoms with Crippen molar-refractivity contribution in [1.82, 2.24) is 4.90 Å². The molecule has 7 heteroatoms. The molecular weight excluding hydrogens is 278 g/mol. The van der Waals surface area contributed by atoms with Gasteiger partial charge in [0.25, 0.3) is 0 Å². The van der Waals surface area contributed by atoms with E-state index >= 15 is 0 Å². The highest BCUT2D eigenvalue weighted by Gasteiger charge is 2.28. The molecule has 0 bridgehead atoms. The molecule has 1 aromatic rings. The van der Waals surface area contributed by atoms with Crippen LogP contribution in [0.3, 0.4) is 0 Å². The van der Waals surface area contributed by atoms with Crippen LogP contribution in [0.5, 0.6) is 0 Å². The maximum absolute atomic E-state index is 11.8. The van der Waals surface area contributed by atoms with Gasteiger partial charge < -0.3 is 14.9 Å². The van der Waals surface area contributed by atoms with Crippen LogP contribution in [0.25, 0.3) is 0 Å². The fraction of sp³-hybridized carbons (Fsp3) is 0.357. The first-order valence-corrected chi connectivity index (χ1v) is 6.30. The number of ether oxygens (including phenoxy) is 1. The van der Waals surface area contributed by atoms with Gasteiger partial charge in [0.05, 0.1) is 0 Å². The minimum absolute atomic E-state index is 0.0231. The minimum Gasteiger partial charge on any atom is -0.481 e. The molecule has 2 N–H and O–H groups in total. The summed E-state index contributed by atoms with van der Waals surface area (Å²) in [4.78, 5) is 34.3. The standard InChI is InChI=1S/C14H17NO6/c1-15(11(13(18)19)7-8-12(16)17)14(20)21-9-10-5-3-2-4-6-10/h2-6,11H,7-9H2,1H3,(H,16,17)(H,18,19)/t11-/m1/s1. The Morgan fingerprint density at radius 3 is 2.33 bits per heavy atom. The third-order valence-corrected chi connectivity index (χ3v) is 2.88. The van der Waals surface area contributed by atoms with Gasteiger partial charge in [-0.3, -0.25) is 9.69 Å². The molecule has 21 heavy (non-hydrogen) atoms. The number of benzene rings is 1. The summed E-state index contributed by atoms with van der Waals surface area (Å²) in [6.07, 6.45) is -1.33. The maximum atomic E-state index is 11.8. The zero-order valence-electron chi connectivity index (χ0n) is 11.6. The third kappa shape index (κ3) is 5.52. The number of carbonyl (C=O) groups is 3. The molecule has 0 aliphatic rings. The van der Waals surface area contributed by atoms with E-state index in [0.29, 0.717) is 0 Å². The number of rotatable bonds is 7. The largest absolute Gasteiger partial charge is 0.481 e. The van der Waals surface area contributed by atoms with Crippen LogP contribution in [0.15, 0.2) is 30.3 Å². The van der Waals surface area contributed by atoms with Crippen molar-refractivity contribution in [2.24, 2.45) is 0 Å². The first-order chi connectivity index (χ1) is 9.91. The predicted molar refractivity (Wildman–Crippen MR) is 72.7 cm³/mol. The van der Waals surface area contributed by atoms with Crippen LogP contribution in [0, 0.1) is 0 Å². The van der Waals surface area contributed by atoms with E-state index in [2.05, 4.69) is 0 Å². The lowest BCUT2D eigenvalue weighted by molar-refractivity contribution is -0.143. The Bertz CT molecular complexity index is 501. The molecule has 1 aromatic carbocycles. The third-order valence-electron chi connectivity index (χ3n) is 2.88. The van der Waals surface area contributed by atoms with E-state index < -0.39 is 24.1 Å². The molecule has 114 valence electrons. The molecule has 0 radical (unpaired) electrons. The van der Waals surface area contributed by atoms with Gasteiger partial charge in [-0.15, -0.1) is 0 Å². The Morgan fingerprint density at radius 1 is 1.19 bits per heavy atom. The number of nitrogens with zero attached hydrogens (tertiary/aromatic N) is 1. The van der Waals surface area contributed by atoms with Crippen LogP contribution >= 0.6 is 0 Å². The van der Waals surface area contributed by atoms with Crippen molar-refractivity contribution in [3.05, 3.63) is 35.9 Å². The molecule has 0 aliphatic carbocycles. The molecule has 1 atom stereocenters. The second-order valence-electron chi connectivity index (χ2n) is 4.44. The fourth-order valence-corrected chi connectivity index (χ4v) is 1.69. The Morgan fingerprint density at radius 2 is 1.81 bits per heavy atom. The number of carboxylic acid groups (broad SMARTS) is 2. The van der Waals surface area contributed by atoms with Crippen LogP contribution in [0.4, 0.5) is 4.79 Å². The number of carboxylic acids is 2. The van der Waals surface area contributed by atoms with E-state index in [0.717, 1.165) is 10.5 Å². The normalized spacial score (nSPS) is 11.5.